The molecule has 1 heterocycles. The molecule has 0 spiro atoms. The van der Waals surface area contributed by atoms with Crippen molar-refractivity contribution in [2.45, 2.75) is 6.92 Å². The molecule has 0 radical (unpaired) electrons. The molecule has 3 aromatic rings. The van der Waals surface area contributed by atoms with Crippen LogP contribution in [0.1, 0.15) is 6.92 Å². The predicted molar refractivity (Wildman–Crippen MR) is 96.2 cm³/mol. The number of hydrogen-bond donors (Lipinski definition) is 0. The summed E-state index contributed by atoms with van der Waals surface area (Å²) in [5, 5.41) is 4.62. The molecule has 25 heavy (non-hydrogen) atoms. The molecule has 0 aliphatic rings. The molecule has 0 aliphatic heterocycles. The first-order valence-electron chi connectivity index (χ1n) is 8.17. The summed E-state index contributed by atoms with van der Waals surface area (Å²) in [7, 11) is 1.87. The van der Waals surface area contributed by atoms with Crippen molar-refractivity contribution in [1.82, 2.24) is 9.78 Å². The van der Waals surface area contributed by atoms with Crippen LogP contribution in [0.4, 0.5) is 0 Å². The molecular weight excluding hydrogens is 316 g/mol. The van der Waals surface area contributed by atoms with Crippen molar-refractivity contribution < 1.29 is 14.3 Å². The molecule has 0 atom stereocenters. The molecule has 128 valence electrons. The highest BCUT2D eigenvalue weighted by Crippen LogP contribution is 2.38. The van der Waals surface area contributed by atoms with Gasteiger partial charge in [-0.2, -0.15) is 5.10 Å². The molecule has 5 heteroatoms. The number of carbonyl (C=O) groups is 1. The Morgan fingerprint density at radius 2 is 1.60 bits per heavy atom. The summed E-state index contributed by atoms with van der Waals surface area (Å²) in [4.78, 5) is 11.7. The Hall–Kier alpha value is -3.08. The fourth-order valence-corrected chi connectivity index (χ4v) is 2.67. The lowest BCUT2D eigenvalue weighted by Crippen LogP contribution is -2.15. The zero-order valence-corrected chi connectivity index (χ0v) is 14.3. The maximum Gasteiger partial charge on any atom is 0.344 e. The van der Waals surface area contributed by atoms with Gasteiger partial charge in [-0.15, -0.1) is 0 Å². The van der Waals surface area contributed by atoms with E-state index in [1.807, 2.05) is 67.7 Å². The van der Waals surface area contributed by atoms with Gasteiger partial charge in [0.05, 0.1) is 6.61 Å². The Balaban J connectivity index is 2.05. The Bertz CT molecular complexity index is 842. The lowest BCUT2D eigenvalue weighted by molar-refractivity contribution is -0.145. The minimum Gasteiger partial charge on any atom is -0.477 e. The fourth-order valence-electron chi connectivity index (χ4n) is 2.67. The Labute approximate surface area is 146 Å². The van der Waals surface area contributed by atoms with Crippen molar-refractivity contribution in [1.29, 1.82) is 0 Å². The van der Waals surface area contributed by atoms with Gasteiger partial charge in [0.1, 0.15) is 11.4 Å². The highest BCUT2D eigenvalue weighted by atomic mass is 16.6. The van der Waals surface area contributed by atoms with Gasteiger partial charge >= 0.3 is 5.97 Å². The highest BCUT2D eigenvalue weighted by Gasteiger charge is 2.21. The van der Waals surface area contributed by atoms with E-state index in [1.165, 1.54) is 0 Å². The first-order valence-corrected chi connectivity index (χ1v) is 8.17. The van der Waals surface area contributed by atoms with Gasteiger partial charge in [-0.1, -0.05) is 60.7 Å². The van der Waals surface area contributed by atoms with Crippen molar-refractivity contribution in [2.24, 2.45) is 7.05 Å². The summed E-state index contributed by atoms with van der Waals surface area (Å²) in [6, 6.07) is 19.6. The molecule has 0 N–H and O–H groups in total. The minimum atomic E-state index is -0.399. The third-order valence-electron chi connectivity index (χ3n) is 3.74. The number of rotatable bonds is 6. The third kappa shape index (κ3) is 3.71. The Morgan fingerprint density at radius 3 is 2.20 bits per heavy atom. The second-order valence-electron chi connectivity index (χ2n) is 5.48. The van der Waals surface area contributed by atoms with E-state index in [-0.39, 0.29) is 6.61 Å². The number of aromatic nitrogens is 2. The van der Waals surface area contributed by atoms with Crippen LogP contribution in [0.15, 0.2) is 60.7 Å². The van der Waals surface area contributed by atoms with Crippen LogP contribution in [0, 0.1) is 0 Å². The summed E-state index contributed by atoms with van der Waals surface area (Å²) >= 11 is 0. The Morgan fingerprint density at radius 1 is 1.00 bits per heavy atom. The Kier molecular flexibility index (Phi) is 5.14. The largest absolute Gasteiger partial charge is 0.477 e. The lowest BCUT2D eigenvalue weighted by Gasteiger charge is -2.09. The van der Waals surface area contributed by atoms with Crippen LogP contribution in [0.25, 0.3) is 22.5 Å². The van der Waals surface area contributed by atoms with Gasteiger partial charge < -0.3 is 9.47 Å². The number of ether oxygens (including phenoxy) is 2. The van der Waals surface area contributed by atoms with Gasteiger partial charge in [-0.25, -0.2) is 4.79 Å². The van der Waals surface area contributed by atoms with E-state index in [4.69, 9.17) is 9.47 Å². The van der Waals surface area contributed by atoms with E-state index in [2.05, 4.69) is 5.10 Å². The predicted octanol–water partition coefficient (Wildman–Crippen LogP) is 3.70. The van der Waals surface area contributed by atoms with Crippen LogP contribution >= 0.6 is 0 Å². The lowest BCUT2D eigenvalue weighted by atomic mass is 10.1. The molecule has 0 amide bonds. The van der Waals surface area contributed by atoms with E-state index in [0.717, 1.165) is 16.8 Å². The molecule has 0 saturated carbocycles. The maximum absolute atomic E-state index is 11.7. The topological polar surface area (TPSA) is 53.4 Å². The van der Waals surface area contributed by atoms with Gasteiger partial charge in [0.25, 0.3) is 0 Å². The molecule has 3 rings (SSSR count). The number of hydrogen-bond acceptors (Lipinski definition) is 4. The van der Waals surface area contributed by atoms with Crippen molar-refractivity contribution in [3.8, 4) is 28.3 Å². The molecular formula is C20H20N2O3. The molecule has 0 aliphatic carbocycles. The second-order valence-corrected chi connectivity index (χ2v) is 5.48. The van der Waals surface area contributed by atoms with Crippen LogP contribution in [-0.2, 0) is 16.6 Å². The molecule has 5 nitrogen and oxygen atoms in total. The number of carbonyl (C=O) groups excluding carboxylic acids is 1. The smallest absolute Gasteiger partial charge is 0.344 e. The summed E-state index contributed by atoms with van der Waals surface area (Å²) in [5.41, 5.74) is 3.42. The van der Waals surface area contributed by atoms with Crippen LogP contribution in [-0.4, -0.2) is 29.0 Å². The van der Waals surface area contributed by atoms with E-state index in [9.17, 15) is 4.79 Å². The molecule has 0 fully saturated rings. The van der Waals surface area contributed by atoms with Gasteiger partial charge in [-0.3, -0.25) is 4.68 Å². The monoisotopic (exact) mass is 336 g/mol. The quantitative estimate of drug-likeness (QED) is 0.644. The molecule has 0 unspecified atom stereocenters. The summed E-state index contributed by atoms with van der Waals surface area (Å²) < 4.78 is 12.6. The second kappa shape index (κ2) is 7.66. The van der Waals surface area contributed by atoms with Crippen LogP contribution in [0.3, 0.4) is 0 Å². The summed E-state index contributed by atoms with van der Waals surface area (Å²) in [5.74, 6) is 0.178. The van der Waals surface area contributed by atoms with E-state index >= 15 is 0 Å². The van der Waals surface area contributed by atoms with Crippen molar-refractivity contribution in [2.75, 3.05) is 13.2 Å². The van der Waals surface area contributed by atoms with Crippen molar-refractivity contribution in [3.63, 3.8) is 0 Å². The zero-order chi connectivity index (χ0) is 17.6. The zero-order valence-electron chi connectivity index (χ0n) is 14.3. The average Bonchev–Trinajstić information content (AvgIpc) is 2.98. The molecule has 0 saturated heterocycles. The van der Waals surface area contributed by atoms with E-state index < -0.39 is 5.97 Å². The minimum absolute atomic E-state index is 0.154. The van der Waals surface area contributed by atoms with Gasteiger partial charge in [0, 0.05) is 18.2 Å². The molecule has 1 aromatic heterocycles. The summed E-state index contributed by atoms with van der Waals surface area (Å²) in [6.07, 6.45) is 0. The van der Waals surface area contributed by atoms with E-state index in [0.29, 0.717) is 18.1 Å². The van der Waals surface area contributed by atoms with Crippen molar-refractivity contribution >= 4 is 5.97 Å². The first-order chi connectivity index (χ1) is 12.2. The first kappa shape index (κ1) is 16.8. The normalized spacial score (nSPS) is 10.5. The number of aryl methyl sites for hydroxylation is 1. The van der Waals surface area contributed by atoms with E-state index in [1.54, 1.807) is 11.6 Å². The van der Waals surface area contributed by atoms with Crippen LogP contribution in [0.2, 0.25) is 0 Å². The standard InChI is InChI=1S/C20H20N2O3/c1-3-24-17(23)14-25-20-18(15-10-6-4-7-11-15)21-22(2)19(20)16-12-8-5-9-13-16/h4-13H,3,14H2,1-2H3. The van der Waals surface area contributed by atoms with Gasteiger partial charge in [0.15, 0.2) is 12.4 Å². The SMILES string of the molecule is CCOC(=O)COc1c(-c2ccccc2)nn(C)c1-c1ccccc1. The average molecular weight is 336 g/mol. The van der Waals surface area contributed by atoms with Gasteiger partial charge in [-0.05, 0) is 6.92 Å². The van der Waals surface area contributed by atoms with Crippen molar-refractivity contribution in [3.05, 3.63) is 60.7 Å². The van der Waals surface area contributed by atoms with Crippen LogP contribution < -0.4 is 4.74 Å². The highest BCUT2D eigenvalue weighted by molar-refractivity contribution is 5.79. The van der Waals surface area contributed by atoms with Crippen LogP contribution in [0.5, 0.6) is 5.75 Å². The number of nitrogens with zero attached hydrogens (tertiary/aromatic N) is 2. The third-order valence-corrected chi connectivity index (χ3v) is 3.74. The summed E-state index contributed by atoms with van der Waals surface area (Å²) in [6.45, 7) is 1.94. The van der Waals surface area contributed by atoms with Gasteiger partial charge in [0.2, 0.25) is 0 Å². The number of esters is 1. The molecule has 0 bridgehead atoms. The fraction of sp³-hybridized carbons (Fsp3) is 0.200. The molecule has 2 aromatic carbocycles. The number of benzene rings is 2. The maximum atomic E-state index is 11.7.